The molecule has 2 nitrogen and oxygen atoms in total. The van der Waals surface area contributed by atoms with Crippen LogP contribution >= 0.6 is 34.2 Å². The lowest BCUT2D eigenvalue weighted by atomic mass is 10.0. The van der Waals surface area contributed by atoms with Gasteiger partial charge in [-0.2, -0.15) is 0 Å². The molecule has 0 fully saturated rings. The fraction of sp³-hybridized carbons (Fsp3) is 0.538. The second-order valence-electron chi connectivity index (χ2n) is 3.91. The van der Waals surface area contributed by atoms with Gasteiger partial charge in [-0.1, -0.05) is 18.5 Å². The molecule has 1 rings (SSSR count). The Morgan fingerprint density at radius 3 is 2.88 bits per heavy atom. The number of rotatable bonds is 7. The highest BCUT2D eigenvalue weighted by Crippen LogP contribution is 2.26. The van der Waals surface area contributed by atoms with Crippen LogP contribution in [0.2, 0.25) is 5.02 Å². The van der Waals surface area contributed by atoms with E-state index in [4.69, 9.17) is 16.3 Å². The summed E-state index contributed by atoms with van der Waals surface area (Å²) in [7, 11) is 1.74. The fourth-order valence-electron chi connectivity index (χ4n) is 1.83. The van der Waals surface area contributed by atoms with E-state index in [1.807, 2.05) is 6.07 Å². The first-order chi connectivity index (χ1) is 8.19. The minimum atomic E-state index is 0.362. The molecule has 0 aliphatic heterocycles. The lowest BCUT2D eigenvalue weighted by Gasteiger charge is -2.20. The zero-order valence-electron chi connectivity index (χ0n) is 10.3. The molecule has 0 saturated carbocycles. The summed E-state index contributed by atoms with van der Waals surface area (Å²) in [5.74, 6) is 0. The van der Waals surface area contributed by atoms with Crippen molar-refractivity contribution >= 4 is 34.2 Å². The Morgan fingerprint density at radius 1 is 1.47 bits per heavy atom. The summed E-state index contributed by atoms with van der Waals surface area (Å²) in [6.45, 7) is 3.89. The number of ether oxygens (including phenoxy) is 1. The van der Waals surface area contributed by atoms with E-state index in [0.29, 0.717) is 6.04 Å². The van der Waals surface area contributed by atoms with Gasteiger partial charge in [0, 0.05) is 28.4 Å². The van der Waals surface area contributed by atoms with Gasteiger partial charge in [-0.25, -0.2) is 0 Å². The molecular weight excluding hydrogens is 349 g/mol. The van der Waals surface area contributed by atoms with Gasteiger partial charge >= 0.3 is 0 Å². The average molecular weight is 368 g/mol. The Morgan fingerprint density at radius 2 is 2.24 bits per heavy atom. The quantitative estimate of drug-likeness (QED) is 0.580. The summed E-state index contributed by atoms with van der Waals surface area (Å²) in [4.78, 5) is 0. The Kier molecular flexibility index (Phi) is 7.43. The van der Waals surface area contributed by atoms with E-state index in [2.05, 4.69) is 47.0 Å². The van der Waals surface area contributed by atoms with Gasteiger partial charge in [-0.3, -0.25) is 0 Å². The van der Waals surface area contributed by atoms with Crippen molar-refractivity contribution in [1.29, 1.82) is 0 Å². The number of hydrogen-bond acceptors (Lipinski definition) is 2. The van der Waals surface area contributed by atoms with Crippen LogP contribution in [0.1, 0.15) is 31.4 Å². The largest absolute Gasteiger partial charge is 0.385 e. The van der Waals surface area contributed by atoms with Crippen molar-refractivity contribution < 1.29 is 4.74 Å². The fourth-order valence-corrected chi connectivity index (χ4v) is 2.72. The van der Waals surface area contributed by atoms with Crippen molar-refractivity contribution in [2.75, 3.05) is 20.3 Å². The highest BCUT2D eigenvalue weighted by atomic mass is 127. The van der Waals surface area contributed by atoms with Crippen LogP contribution in [-0.4, -0.2) is 20.3 Å². The van der Waals surface area contributed by atoms with Gasteiger partial charge in [0.2, 0.25) is 0 Å². The third kappa shape index (κ3) is 5.12. The summed E-state index contributed by atoms with van der Waals surface area (Å²) in [5.41, 5.74) is 1.29. The smallest absolute Gasteiger partial charge is 0.0462 e. The number of benzene rings is 1. The molecule has 0 amide bonds. The first-order valence-electron chi connectivity index (χ1n) is 5.86. The van der Waals surface area contributed by atoms with E-state index in [1.54, 1.807) is 7.11 Å². The van der Waals surface area contributed by atoms with E-state index in [-0.39, 0.29) is 0 Å². The van der Waals surface area contributed by atoms with Gasteiger partial charge in [-0.05, 0) is 65.7 Å². The van der Waals surface area contributed by atoms with Crippen LogP contribution in [0.5, 0.6) is 0 Å². The van der Waals surface area contributed by atoms with Gasteiger partial charge < -0.3 is 10.1 Å². The molecule has 1 N–H and O–H groups in total. The molecule has 1 atom stereocenters. The topological polar surface area (TPSA) is 21.3 Å². The van der Waals surface area contributed by atoms with Crippen LogP contribution in [0.25, 0.3) is 0 Å². The number of nitrogens with one attached hydrogen (secondary N) is 1. The van der Waals surface area contributed by atoms with Crippen molar-refractivity contribution in [2.45, 2.75) is 25.8 Å². The molecule has 0 radical (unpaired) electrons. The maximum absolute atomic E-state index is 6.07. The molecule has 0 bridgehead atoms. The lowest BCUT2D eigenvalue weighted by molar-refractivity contribution is 0.189. The summed E-state index contributed by atoms with van der Waals surface area (Å²) >= 11 is 8.43. The Hall–Kier alpha value is 0.160. The first kappa shape index (κ1) is 15.2. The van der Waals surface area contributed by atoms with Crippen molar-refractivity contribution in [1.82, 2.24) is 5.32 Å². The molecule has 1 unspecified atom stereocenters. The van der Waals surface area contributed by atoms with Crippen LogP contribution in [0.15, 0.2) is 18.2 Å². The van der Waals surface area contributed by atoms with Crippen LogP contribution < -0.4 is 5.32 Å². The van der Waals surface area contributed by atoms with Crippen LogP contribution in [0.3, 0.4) is 0 Å². The Bertz CT molecular complexity index is 346. The third-order valence-corrected chi connectivity index (χ3v) is 3.84. The zero-order valence-corrected chi connectivity index (χ0v) is 13.2. The molecule has 96 valence electrons. The predicted molar refractivity (Wildman–Crippen MR) is 81.7 cm³/mol. The molecule has 17 heavy (non-hydrogen) atoms. The predicted octanol–water partition coefficient (Wildman–Crippen LogP) is 4.02. The van der Waals surface area contributed by atoms with Crippen molar-refractivity contribution in [3.8, 4) is 0 Å². The SMILES string of the molecule is CCNC(CCCOC)c1cc(Cl)ccc1I. The second-order valence-corrected chi connectivity index (χ2v) is 5.51. The van der Waals surface area contributed by atoms with Gasteiger partial charge in [0.05, 0.1) is 0 Å². The van der Waals surface area contributed by atoms with Crippen molar-refractivity contribution in [3.63, 3.8) is 0 Å². The van der Waals surface area contributed by atoms with Crippen LogP contribution in [0.4, 0.5) is 0 Å². The zero-order chi connectivity index (χ0) is 12.7. The number of methoxy groups -OCH3 is 1. The van der Waals surface area contributed by atoms with Gasteiger partial charge in [0.25, 0.3) is 0 Å². The second kappa shape index (κ2) is 8.29. The first-order valence-corrected chi connectivity index (χ1v) is 7.32. The summed E-state index contributed by atoms with van der Waals surface area (Å²) in [6, 6.07) is 6.42. The standard InChI is InChI=1S/C13H19ClINO/c1-3-16-13(5-4-8-17-2)11-9-10(14)6-7-12(11)15/h6-7,9,13,16H,3-5,8H2,1-2H3. The summed E-state index contributed by atoms with van der Waals surface area (Å²) in [6.07, 6.45) is 2.12. The van der Waals surface area contributed by atoms with E-state index < -0.39 is 0 Å². The Labute approximate surface area is 122 Å². The van der Waals surface area contributed by atoms with Gasteiger partial charge in [0.1, 0.15) is 0 Å². The van der Waals surface area contributed by atoms with E-state index in [9.17, 15) is 0 Å². The molecule has 0 spiro atoms. The van der Waals surface area contributed by atoms with E-state index >= 15 is 0 Å². The summed E-state index contributed by atoms with van der Waals surface area (Å²) in [5, 5.41) is 4.31. The highest BCUT2D eigenvalue weighted by Gasteiger charge is 2.13. The number of halogens is 2. The third-order valence-electron chi connectivity index (χ3n) is 2.63. The number of hydrogen-bond donors (Lipinski definition) is 1. The Balaban J connectivity index is 2.77. The molecule has 0 aliphatic carbocycles. The molecule has 4 heteroatoms. The van der Waals surface area contributed by atoms with E-state index in [0.717, 1.165) is 31.0 Å². The summed E-state index contributed by atoms with van der Waals surface area (Å²) < 4.78 is 6.36. The molecule has 0 aliphatic rings. The maximum Gasteiger partial charge on any atom is 0.0462 e. The molecule has 1 aromatic rings. The van der Waals surface area contributed by atoms with Gasteiger partial charge in [0.15, 0.2) is 0 Å². The molecule has 0 heterocycles. The minimum Gasteiger partial charge on any atom is -0.385 e. The monoisotopic (exact) mass is 367 g/mol. The molecular formula is C13H19ClINO. The van der Waals surface area contributed by atoms with Gasteiger partial charge in [-0.15, -0.1) is 0 Å². The maximum atomic E-state index is 6.07. The molecule has 1 aromatic carbocycles. The van der Waals surface area contributed by atoms with Crippen LogP contribution in [0, 0.1) is 3.57 Å². The van der Waals surface area contributed by atoms with Crippen LogP contribution in [-0.2, 0) is 4.74 Å². The highest BCUT2D eigenvalue weighted by molar-refractivity contribution is 14.1. The van der Waals surface area contributed by atoms with Crippen molar-refractivity contribution in [3.05, 3.63) is 32.4 Å². The molecule has 0 aromatic heterocycles. The average Bonchev–Trinajstić information content (AvgIpc) is 2.32. The molecule has 0 saturated heterocycles. The lowest BCUT2D eigenvalue weighted by Crippen LogP contribution is -2.22. The minimum absolute atomic E-state index is 0.362. The van der Waals surface area contributed by atoms with Crippen molar-refractivity contribution in [2.24, 2.45) is 0 Å². The van der Waals surface area contributed by atoms with E-state index in [1.165, 1.54) is 9.13 Å². The normalized spacial score (nSPS) is 12.7.